The molecule has 0 fully saturated rings. The summed E-state index contributed by atoms with van der Waals surface area (Å²) in [4.78, 5) is 2.01. The second-order valence-electron chi connectivity index (χ2n) is 1.43. The fourth-order valence-corrected chi connectivity index (χ4v) is 0.302. The van der Waals surface area contributed by atoms with Crippen molar-refractivity contribution in [1.29, 1.82) is 0 Å². The third-order valence-electron chi connectivity index (χ3n) is 0.735. The van der Waals surface area contributed by atoms with E-state index in [0.717, 1.165) is 0 Å². The lowest BCUT2D eigenvalue weighted by Gasteiger charge is -2.08. The Morgan fingerprint density at radius 2 is 2.10 bits per heavy atom. The van der Waals surface area contributed by atoms with Crippen LogP contribution in [0.1, 0.15) is 0 Å². The van der Waals surface area contributed by atoms with Gasteiger partial charge in [0.15, 0.2) is 6.04 Å². The smallest absolute Gasteiger partial charge is 0.170 e. The molecule has 0 aliphatic carbocycles. The predicted octanol–water partition coefficient (Wildman–Crippen LogP) is 2.41. The van der Waals surface area contributed by atoms with Crippen LogP contribution in [-0.2, 0) is 0 Å². The molecule has 0 aromatic heterocycles. The minimum absolute atomic E-state index is 0.541. The van der Waals surface area contributed by atoms with E-state index in [1.807, 2.05) is 4.91 Å². The van der Waals surface area contributed by atoms with Gasteiger partial charge in [0.05, 0.1) is 0 Å². The van der Waals surface area contributed by atoms with Gasteiger partial charge in [0.2, 0.25) is 0 Å². The van der Waals surface area contributed by atoms with E-state index in [4.69, 9.17) is 5.53 Å². The largest absolute Gasteiger partial charge is 0.400 e. The summed E-state index contributed by atoms with van der Waals surface area (Å²) >= 11 is 0. The third-order valence-corrected chi connectivity index (χ3v) is 0.735. The zero-order valence-corrected chi connectivity index (χ0v) is 4.84. The predicted molar refractivity (Wildman–Crippen MR) is 29.2 cm³/mol. The molecule has 0 aromatic rings. The normalized spacial score (nSPS) is 13.5. The highest BCUT2D eigenvalue weighted by atomic mass is 19.4. The first kappa shape index (κ1) is 8.84. The Bertz CT molecular complexity index is 167. The van der Waals surface area contributed by atoms with Crippen LogP contribution in [0.4, 0.5) is 13.2 Å². The summed E-state index contributed by atoms with van der Waals surface area (Å²) in [7, 11) is 0. The van der Waals surface area contributed by atoms with E-state index in [1.54, 1.807) is 0 Å². The maximum atomic E-state index is 11.6. The molecular formula is C4H4F3N3. The molecular weight excluding hydrogens is 147 g/mol. The fourth-order valence-electron chi connectivity index (χ4n) is 0.302. The van der Waals surface area contributed by atoms with Crippen molar-refractivity contribution in [3.8, 4) is 0 Å². The highest BCUT2D eigenvalue weighted by Crippen LogP contribution is 2.23. The van der Waals surface area contributed by atoms with Gasteiger partial charge < -0.3 is 0 Å². The van der Waals surface area contributed by atoms with Crippen molar-refractivity contribution < 1.29 is 13.2 Å². The highest BCUT2D eigenvalue weighted by Gasteiger charge is 2.36. The van der Waals surface area contributed by atoms with E-state index in [1.165, 1.54) is 0 Å². The van der Waals surface area contributed by atoms with E-state index >= 15 is 0 Å². The molecule has 0 spiro atoms. The van der Waals surface area contributed by atoms with Crippen LogP contribution in [0.3, 0.4) is 0 Å². The number of nitrogens with zero attached hydrogens (tertiary/aromatic N) is 3. The first-order valence-electron chi connectivity index (χ1n) is 2.26. The van der Waals surface area contributed by atoms with Crippen LogP contribution in [0, 0.1) is 0 Å². The first-order chi connectivity index (χ1) is 4.52. The van der Waals surface area contributed by atoms with Crippen LogP contribution < -0.4 is 0 Å². The molecule has 1 unspecified atom stereocenters. The zero-order valence-electron chi connectivity index (χ0n) is 4.84. The van der Waals surface area contributed by atoms with Crippen molar-refractivity contribution in [3.05, 3.63) is 23.1 Å². The highest BCUT2D eigenvalue weighted by molar-refractivity contribution is 4.91. The van der Waals surface area contributed by atoms with Crippen LogP contribution in [-0.4, -0.2) is 12.2 Å². The van der Waals surface area contributed by atoms with E-state index in [0.29, 0.717) is 6.08 Å². The molecule has 0 aromatic carbocycles. The van der Waals surface area contributed by atoms with Gasteiger partial charge in [-0.1, -0.05) is 11.2 Å². The minimum Gasteiger partial charge on any atom is -0.170 e. The Kier molecular flexibility index (Phi) is 2.76. The van der Waals surface area contributed by atoms with E-state index < -0.39 is 12.2 Å². The molecule has 6 heteroatoms. The van der Waals surface area contributed by atoms with Gasteiger partial charge in [0.1, 0.15) is 0 Å². The second kappa shape index (κ2) is 3.12. The molecule has 0 rings (SSSR count). The Labute approximate surface area is 54.8 Å². The molecule has 0 bridgehead atoms. The fraction of sp³-hybridized carbons (Fsp3) is 0.500. The average Bonchev–Trinajstić information content (AvgIpc) is 1.80. The summed E-state index contributed by atoms with van der Waals surface area (Å²) in [6.07, 6.45) is -3.98. The van der Waals surface area contributed by atoms with Crippen LogP contribution in [0.25, 0.3) is 10.4 Å². The molecule has 0 heterocycles. The lowest BCUT2D eigenvalue weighted by atomic mass is 10.3. The molecule has 1 atom stereocenters. The molecule has 10 heavy (non-hydrogen) atoms. The van der Waals surface area contributed by atoms with Crippen molar-refractivity contribution in [3.63, 3.8) is 0 Å². The number of azide groups is 1. The lowest BCUT2D eigenvalue weighted by molar-refractivity contribution is -0.136. The van der Waals surface area contributed by atoms with Gasteiger partial charge in [-0.3, -0.25) is 0 Å². The lowest BCUT2D eigenvalue weighted by Crippen LogP contribution is -2.23. The van der Waals surface area contributed by atoms with Crippen LogP contribution >= 0.6 is 0 Å². The SMILES string of the molecule is C=CC(N=[N+]=[N-])C(F)(F)F. The van der Waals surface area contributed by atoms with Crippen molar-refractivity contribution >= 4 is 0 Å². The maximum Gasteiger partial charge on any atom is 0.400 e. The zero-order chi connectivity index (χ0) is 8.20. The second-order valence-corrected chi connectivity index (χ2v) is 1.43. The average molecular weight is 151 g/mol. The van der Waals surface area contributed by atoms with E-state index in [-0.39, 0.29) is 0 Å². The quantitative estimate of drug-likeness (QED) is 0.252. The Morgan fingerprint density at radius 1 is 1.60 bits per heavy atom. The van der Waals surface area contributed by atoms with Gasteiger partial charge in [-0.2, -0.15) is 13.2 Å². The number of hydrogen-bond donors (Lipinski definition) is 0. The summed E-state index contributed by atoms with van der Waals surface area (Å²) in [5, 5.41) is 2.45. The molecule has 0 radical (unpaired) electrons. The maximum absolute atomic E-state index is 11.6. The monoisotopic (exact) mass is 151 g/mol. The van der Waals surface area contributed by atoms with Gasteiger partial charge in [-0.05, 0) is 5.53 Å². The molecule has 0 amide bonds. The number of alkyl halides is 3. The van der Waals surface area contributed by atoms with Gasteiger partial charge in [0.25, 0.3) is 0 Å². The number of hydrogen-bond acceptors (Lipinski definition) is 1. The Hall–Kier alpha value is -1.16. The summed E-state index contributed by atoms with van der Waals surface area (Å²) < 4.78 is 34.7. The summed E-state index contributed by atoms with van der Waals surface area (Å²) in [5.74, 6) is 0. The molecule has 0 N–H and O–H groups in total. The molecule has 0 aliphatic heterocycles. The minimum atomic E-state index is -4.52. The number of halogens is 3. The number of rotatable bonds is 2. The van der Waals surface area contributed by atoms with Crippen LogP contribution in [0.15, 0.2) is 17.8 Å². The van der Waals surface area contributed by atoms with Gasteiger partial charge in [-0.15, -0.1) is 6.58 Å². The van der Waals surface area contributed by atoms with E-state index in [2.05, 4.69) is 11.7 Å². The van der Waals surface area contributed by atoms with Crippen molar-refractivity contribution in [2.75, 3.05) is 0 Å². The third kappa shape index (κ3) is 2.41. The molecule has 0 aliphatic rings. The summed E-state index contributed by atoms with van der Waals surface area (Å²) in [6.45, 7) is 2.86. The molecule has 56 valence electrons. The van der Waals surface area contributed by atoms with Crippen LogP contribution in [0.2, 0.25) is 0 Å². The Balaban J connectivity index is 4.35. The topological polar surface area (TPSA) is 48.8 Å². The van der Waals surface area contributed by atoms with Crippen molar-refractivity contribution in [2.24, 2.45) is 5.11 Å². The van der Waals surface area contributed by atoms with E-state index in [9.17, 15) is 13.2 Å². The molecule has 3 nitrogen and oxygen atoms in total. The van der Waals surface area contributed by atoms with Gasteiger partial charge in [0, 0.05) is 4.91 Å². The van der Waals surface area contributed by atoms with Crippen LogP contribution in [0.5, 0.6) is 0 Å². The molecule has 0 saturated heterocycles. The van der Waals surface area contributed by atoms with Gasteiger partial charge in [-0.25, -0.2) is 0 Å². The first-order valence-corrected chi connectivity index (χ1v) is 2.26. The molecule has 0 saturated carbocycles. The standard InChI is InChI=1S/C4H4F3N3/c1-2-3(9-10-8)4(5,6)7/h2-3H,1H2. The van der Waals surface area contributed by atoms with Crippen molar-refractivity contribution in [1.82, 2.24) is 0 Å². The Morgan fingerprint density at radius 3 is 2.20 bits per heavy atom. The van der Waals surface area contributed by atoms with Crippen molar-refractivity contribution in [2.45, 2.75) is 12.2 Å². The summed E-state index contributed by atoms with van der Waals surface area (Å²) in [5.41, 5.74) is 7.64. The summed E-state index contributed by atoms with van der Waals surface area (Å²) in [6, 6.07) is -2.11. The van der Waals surface area contributed by atoms with Gasteiger partial charge >= 0.3 is 6.18 Å².